The number of carbonyl (C=O) groups excluding carboxylic acids is 1. The highest BCUT2D eigenvalue weighted by molar-refractivity contribution is 6.07. The fourth-order valence-electron chi connectivity index (χ4n) is 9.97. The van der Waals surface area contributed by atoms with Gasteiger partial charge in [-0.25, -0.2) is 14.8 Å². The number of esters is 1. The minimum absolute atomic E-state index is 0.0918. The molecule has 0 bridgehead atoms. The maximum atomic E-state index is 14.5. The molecule has 0 aliphatic carbocycles. The lowest BCUT2D eigenvalue weighted by molar-refractivity contribution is -0.170. The summed E-state index contributed by atoms with van der Waals surface area (Å²) in [6.45, 7) is 10.5. The second-order valence-corrected chi connectivity index (χ2v) is 18.1. The number of anilines is 2. The first kappa shape index (κ1) is 41.6. The lowest BCUT2D eigenvalue weighted by atomic mass is 9.75. The standard InChI is InChI=1S/C48H57N7O7/c1-6-7-8-14-52-41-21-31(20-32(53-41)25-55-24-30-12-15-51-35(30)26-55)34-18-28(19-40(49)54-34)9-10-39-48(62-39)13-11-29(23-50-5)17-33-42-38(61-47(3,4)45(33)60-46(48)58)22-37-43(44(42)57)36(56)16-27(2)59-37/h12,15-16,18-22,24,29,33,39,45,50,57H,6-11,13-14,17,23,25-26H2,1-5H3,(H2,49,54)(H,52,53). The molecular formula is C48H57N7O7. The molecule has 1 spiro atoms. The van der Waals surface area contributed by atoms with Crippen LogP contribution >= 0.6 is 0 Å². The van der Waals surface area contributed by atoms with Gasteiger partial charge in [0.2, 0.25) is 0 Å². The van der Waals surface area contributed by atoms with E-state index < -0.39 is 29.2 Å². The number of benzene rings is 1. The highest BCUT2D eigenvalue weighted by Crippen LogP contribution is 2.54. The van der Waals surface area contributed by atoms with Crippen molar-refractivity contribution in [2.24, 2.45) is 10.9 Å². The number of aryl methyl sites for hydroxylation is 2. The normalized spacial score (nSPS) is 24.6. The molecule has 0 radical (unpaired) electrons. The predicted molar refractivity (Wildman–Crippen MR) is 238 cm³/mol. The van der Waals surface area contributed by atoms with E-state index in [9.17, 15) is 14.7 Å². The molecule has 62 heavy (non-hydrogen) atoms. The molecule has 5 unspecified atom stereocenters. The van der Waals surface area contributed by atoms with Crippen LogP contribution in [0.15, 0.2) is 74.7 Å². The number of ether oxygens (including phenoxy) is 3. The highest BCUT2D eigenvalue weighted by atomic mass is 16.7. The Morgan fingerprint density at radius 1 is 1.08 bits per heavy atom. The summed E-state index contributed by atoms with van der Waals surface area (Å²) in [5.41, 5.74) is 10.6. The summed E-state index contributed by atoms with van der Waals surface area (Å²) in [6.07, 6.45) is 11.1. The van der Waals surface area contributed by atoms with Crippen LogP contribution in [0.2, 0.25) is 0 Å². The van der Waals surface area contributed by atoms with Crippen molar-refractivity contribution < 1.29 is 28.5 Å². The molecule has 5 aliphatic rings. The molecule has 1 aromatic carbocycles. The number of aliphatic imine (C=N–C) groups is 1. The molecule has 326 valence electrons. The van der Waals surface area contributed by atoms with E-state index in [0.29, 0.717) is 68.1 Å². The Labute approximate surface area is 361 Å². The van der Waals surface area contributed by atoms with E-state index in [0.717, 1.165) is 72.0 Å². The topological polar surface area (TPSA) is 190 Å². The molecule has 0 amide bonds. The number of epoxide rings is 1. The Balaban J connectivity index is 0.954. The smallest absolute Gasteiger partial charge is 0.341 e. The van der Waals surface area contributed by atoms with Crippen LogP contribution in [-0.2, 0) is 27.2 Å². The van der Waals surface area contributed by atoms with E-state index in [1.807, 2.05) is 45.3 Å². The number of pyridine rings is 2. The van der Waals surface area contributed by atoms with E-state index in [4.69, 9.17) is 34.3 Å². The van der Waals surface area contributed by atoms with Gasteiger partial charge in [-0.2, -0.15) is 0 Å². The third-order valence-corrected chi connectivity index (χ3v) is 13.0. The third kappa shape index (κ3) is 8.06. The number of phenolic OH excluding ortho intramolecular Hbond substituents is 1. The Hall–Kier alpha value is -5.73. The van der Waals surface area contributed by atoms with Gasteiger partial charge in [0.15, 0.2) is 11.0 Å². The van der Waals surface area contributed by atoms with Crippen LogP contribution in [0.5, 0.6) is 11.5 Å². The summed E-state index contributed by atoms with van der Waals surface area (Å²) < 4.78 is 25.3. The monoisotopic (exact) mass is 843 g/mol. The number of nitrogens with one attached hydrogen (secondary N) is 2. The van der Waals surface area contributed by atoms with Gasteiger partial charge in [0.05, 0.1) is 36.3 Å². The molecule has 5 atom stereocenters. The van der Waals surface area contributed by atoms with Crippen LogP contribution in [0, 0.1) is 12.8 Å². The number of unbranched alkanes of at least 4 members (excludes halogenated alkanes) is 2. The van der Waals surface area contributed by atoms with E-state index in [1.54, 1.807) is 13.0 Å². The van der Waals surface area contributed by atoms with Gasteiger partial charge in [-0.05, 0) is 115 Å². The average Bonchev–Trinajstić information content (AvgIpc) is 3.52. The summed E-state index contributed by atoms with van der Waals surface area (Å²) in [5.74, 6) is 1.08. The minimum Gasteiger partial charge on any atom is -0.507 e. The number of carbonyl (C=O) groups is 1. The molecule has 5 N–H and O–H groups in total. The molecule has 5 aliphatic heterocycles. The fraction of sp³-hybridized carbons (Fsp3) is 0.479. The average molecular weight is 844 g/mol. The van der Waals surface area contributed by atoms with Crippen molar-refractivity contribution in [2.45, 2.75) is 115 Å². The summed E-state index contributed by atoms with van der Waals surface area (Å²) in [4.78, 5) is 44.1. The number of fused-ring (bicyclic) bond motifs is 5. The van der Waals surface area contributed by atoms with Gasteiger partial charge in [0.25, 0.3) is 0 Å². The number of hydrogen-bond acceptors (Lipinski definition) is 14. The molecule has 8 heterocycles. The first-order valence-electron chi connectivity index (χ1n) is 22.1. The predicted octanol–water partition coefficient (Wildman–Crippen LogP) is 7.07. The number of nitrogen functional groups attached to an aromatic ring is 1. The van der Waals surface area contributed by atoms with Crippen LogP contribution in [0.25, 0.3) is 22.2 Å². The zero-order valence-electron chi connectivity index (χ0n) is 36.3. The number of aromatic hydroxyl groups is 1. The van der Waals surface area contributed by atoms with Crippen LogP contribution in [0.3, 0.4) is 0 Å². The summed E-state index contributed by atoms with van der Waals surface area (Å²) in [7, 11) is 1.91. The lowest BCUT2D eigenvalue weighted by Crippen LogP contribution is -2.52. The number of nitrogens with two attached hydrogens (primary N) is 1. The van der Waals surface area contributed by atoms with Gasteiger partial charge in [0, 0.05) is 53.7 Å². The summed E-state index contributed by atoms with van der Waals surface area (Å²) in [6, 6.07) is 11.1. The quantitative estimate of drug-likeness (QED) is 0.0608. The fourth-order valence-corrected chi connectivity index (χ4v) is 9.97. The van der Waals surface area contributed by atoms with Crippen molar-refractivity contribution in [2.75, 3.05) is 37.7 Å². The van der Waals surface area contributed by atoms with Gasteiger partial charge in [-0.1, -0.05) is 19.8 Å². The van der Waals surface area contributed by atoms with Gasteiger partial charge in [-0.15, -0.1) is 0 Å². The van der Waals surface area contributed by atoms with Crippen molar-refractivity contribution in [1.29, 1.82) is 0 Å². The van der Waals surface area contributed by atoms with Crippen molar-refractivity contribution in [3.63, 3.8) is 0 Å². The maximum Gasteiger partial charge on any atom is 0.341 e. The van der Waals surface area contributed by atoms with Crippen LogP contribution in [0.4, 0.5) is 11.6 Å². The van der Waals surface area contributed by atoms with Crippen molar-refractivity contribution in [1.82, 2.24) is 20.2 Å². The van der Waals surface area contributed by atoms with Crippen LogP contribution < -0.4 is 26.5 Å². The molecule has 9 rings (SSSR count). The molecule has 2 fully saturated rings. The first-order valence-corrected chi connectivity index (χ1v) is 22.1. The number of phenols is 1. The van der Waals surface area contributed by atoms with Crippen molar-refractivity contribution >= 4 is 34.3 Å². The number of allylic oxidation sites excluding steroid dienone is 1. The van der Waals surface area contributed by atoms with Crippen molar-refractivity contribution in [3.8, 4) is 22.8 Å². The van der Waals surface area contributed by atoms with Crippen molar-refractivity contribution in [3.05, 3.63) is 93.3 Å². The van der Waals surface area contributed by atoms with E-state index >= 15 is 0 Å². The first-order chi connectivity index (χ1) is 29.8. The molecule has 14 nitrogen and oxygen atoms in total. The Morgan fingerprint density at radius 3 is 2.74 bits per heavy atom. The zero-order valence-corrected chi connectivity index (χ0v) is 36.3. The summed E-state index contributed by atoms with van der Waals surface area (Å²) >= 11 is 0. The second kappa shape index (κ2) is 16.5. The number of rotatable bonds is 13. The van der Waals surface area contributed by atoms with Gasteiger partial charge in [0.1, 0.15) is 51.6 Å². The molecule has 0 saturated carbocycles. The van der Waals surface area contributed by atoms with E-state index in [2.05, 4.69) is 45.8 Å². The van der Waals surface area contributed by atoms with Gasteiger partial charge >= 0.3 is 5.97 Å². The Kier molecular flexibility index (Phi) is 11.1. The molecule has 14 heteroatoms. The number of aromatic nitrogens is 2. The van der Waals surface area contributed by atoms with Gasteiger partial charge < -0.3 is 45.0 Å². The van der Waals surface area contributed by atoms with E-state index in [1.165, 1.54) is 6.07 Å². The Morgan fingerprint density at radius 2 is 1.94 bits per heavy atom. The highest BCUT2D eigenvalue weighted by Gasteiger charge is 2.65. The third-order valence-electron chi connectivity index (χ3n) is 13.0. The van der Waals surface area contributed by atoms with Gasteiger partial charge in [-0.3, -0.25) is 9.79 Å². The Bertz CT molecular complexity index is 2560. The molecule has 3 aromatic heterocycles. The largest absolute Gasteiger partial charge is 0.507 e. The summed E-state index contributed by atoms with van der Waals surface area (Å²) in [5, 5.41) is 18.7. The van der Waals surface area contributed by atoms with Crippen LogP contribution in [-0.4, -0.2) is 81.7 Å². The second-order valence-electron chi connectivity index (χ2n) is 18.1. The van der Waals surface area contributed by atoms with Crippen LogP contribution in [0.1, 0.15) is 94.2 Å². The lowest BCUT2D eigenvalue weighted by Gasteiger charge is -2.45. The number of nitrogens with zero attached hydrogens (tertiary/aromatic N) is 4. The SMILES string of the molecule is CCCCCNc1cc(-c2cc(CCC3OC34CCC(CNC)CC3c5c(cc6oc(C)cc(=O)c6c5O)OC(C)(C)C3OC4=O)cc(N)n2)cc(CN2C=C3C=CN=C3C2)n1. The minimum atomic E-state index is -1.12. The number of hydrogen-bond donors (Lipinski definition) is 4. The molecule has 2 saturated heterocycles. The molecule has 4 aromatic rings. The zero-order chi connectivity index (χ0) is 43.3. The van der Waals surface area contributed by atoms with E-state index in [-0.39, 0.29) is 34.2 Å². The molecular weight excluding hydrogens is 787 g/mol. The maximum absolute atomic E-state index is 14.5.